The Morgan fingerprint density at radius 2 is 1.88 bits per heavy atom. The minimum absolute atomic E-state index is 0.0772. The summed E-state index contributed by atoms with van der Waals surface area (Å²) in [5.74, 6) is -0.746. The summed E-state index contributed by atoms with van der Waals surface area (Å²) < 4.78 is 1.94. The molecule has 0 aliphatic heterocycles. The first-order valence-electron chi connectivity index (χ1n) is 9.12. The highest BCUT2D eigenvalue weighted by atomic mass is 16.6. The van der Waals surface area contributed by atoms with E-state index >= 15 is 0 Å². The Morgan fingerprint density at radius 3 is 2.58 bits per heavy atom. The van der Waals surface area contributed by atoms with Crippen LogP contribution < -0.4 is 0 Å². The first kappa shape index (κ1) is 18.1. The van der Waals surface area contributed by atoms with Gasteiger partial charge in [-0.05, 0) is 62.6 Å². The average molecular weight is 357 g/mol. The zero-order valence-electron chi connectivity index (χ0n) is 14.7. The summed E-state index contributed by atoms with van der Waals surface area (Å²) in [6, 6.07) is 6.52. The summed E-state index contributed by atoms with van der Waals surface area (Å²) in [6.45, 7) is 0. The van der Waals surface area contributed by atoms with E-state index in [1.165, 1.54) is 23.4 Å². The van der Waals surface area contributed by atoms with Gasteiger partial charge in [-0.2, -0.15) is 5.10 Å². The molecule has 0 spiro atoms. The highest BCUT2D eigenvalue weighted by Crippen LogP contribution is 2.28. The Labute approximate surface area is 151 Å². The Balaban J connectivity index is 1.77. The van der Waals surface area contributed by atoms with Gasteiger partial charge in [0, 0.05) is 24.2 Å². The molecule has 0 radical (unpaired) electrons. The third kappa shape index (κ3) is 4.09. The molecule has 0 amide bonds. The van der Waals surface area contributed by atoms with Crippen LogP contribution >= 0.6 is 0 Å². The normalized spacial score (nSPS) is 13.4. The standard InChI is InChI=1S/C19H23N3O4/c23-19(24)9-3-1-2-7-17-16-6-4-5-8-18(16)21(20-17)14-10-12-15(13-11-14)22(25)26/h10-13H,1-9H2,(H,23,24). The summed E-state index contributed by atoms with van der Waals surface area (Å²) in [5.41, 5.74) is 4.55. The summed E-state index contributed by atoms with van der Waals surface area (Å²) in [7, 11) is 0. The number of carboxylic acids is 1. The van der Waals surface area contributed by atoms with Crippen molar-refractivity contribution in [1.82, 2.24) is 9.78 Å². The van der Waals surface area contributed by atoms with Crippen LogP contribution in [-0.4, -0.2) is 25.8 Å². The van der Waals surface area contributed by atoms with Crippen molar-refractivity contribution < 1.29 is 14.8 Å². The number of non-ortho nitro benzene ring substituents is 1. The fourth-order valence-corrected chi connectivity index (χ4v) is 3.55. The number of fused-ring (bicyclic) bond motifs is 1. The molecule has 1 heterocycles. The van der Waals surface area contributed by atoms with Crippen LogP contribution in [0.25, 0.3) is 5.69 Å². The van der Waals surface area contributed by atoms with E-state index in [2.05, 4.69) is 0 Å². The zero-order chi connectivity index (χ0) is 18.5. The number of nitro benzene ring substituents is 1. The van der Waals surface area contributed by atoms with E-state index in [1.54, 1.807) is 12.1 Å². The second kappa shape index (κ2) is 8.12. The lowest BCUT2D eigenvalue weighted by Gasteiger charge is -2.14. The number of hydrogen-bond donors (Lipinski definition) is 1. The van der Waals surface area contributed by atoms with Gasteiger partial charge in [0.2, 0.25) is 0 Å². The maximum atomic E-state index is 10.8. The zero-order valence-corrected chi connectivity index (χ0v) is 14.7. The maximum absolute atomic E-state index is 10.8. The van der Waals surface area contributed by atoms with E-state index in [-0.39, 0.29) is 12.1 Å². The number of hydrogen-bond acceptors (Lipinski definition) is 4. The molecule has 1 N–H and O–H groups in total. The topological polar surface area (TPSA) is 98.3 Å². The van der Waals surface area contributed by atoms with Crippen molar-refractivity contribution in [2.45, 2.75) is 57.8 Å². The van der Waals surface area contributed by atoms with Crippen LogP contribution in [0.3, 0.4) is 0 Å². The van der Waals surface area contributed by atoms with Crippen LogP contribution in [0.1, 0.15) is 55.5 Å². The molecule has 0 bridgehead atoms. The predicted octanol–water partition coefficient (Wildman–Crippen LogP) is 3.85. The number of nitro groups is 1. The van der Waals surface area contributed by atoms with Gasteiger partial charge in [-0.3, -0.25) is 14.9 Å². The van der Waals surface area contributed by atoms with Crippen LogP contribution in [-0.2, 0) is 24.1 Å². The molecule has 3 rings (SSSR count). The Morgan fingerprint density at radius 1 is 1.15 bits per heavy atom. The van der Waals surface area contributed by atoms with E-state index in [0.717, 1.165) is 56.3 Å². The minimum Gasteiger partial charge on any atom is -0.481 e. The number of unbranched alkanes of at least 4 members (excludes halogenated alkanes) is 2. The highest BCUT2D eigenvalue weighted by molar-refractivity contribution is 5.66. The summed E-state index contributed by atoms with van der Waals surface area (Å²) in [6.07, 6.45) is 7.85. The first-order valence-corrected chi connectivity index (χ1v) is 9.12. The number of carbonyl (C=O) groups is 1. The monoisotopic (exact) mass is 357 g/mol. The fourth-order valence-electron chi connectivity index (χ4n) is 3.55. The summed E-state index contributed by atoms with van der Waals surface area (Å²) >= 11 is 0. The molecule has 0 saturated carbocycles. The average Bonchev–Trinajstić information content (AvgIpc) is 3.00. The molecule has 0 saturated heterocycles. The van der Waals surface area contributed by atoms with Gasteiger partial charge in [-0.1, -0.05) is 6.42 Å². The van der Waals surface area contributed by atoms with E-state index in [9.17, 15) is 14.9 Å². The summed E-state index contributed by atoms with van der Waals surface area (Å²) in [4.78, 5) is 21.0. The van der Waals surface area contributed by atoms with Gasteiger partial charge < -0.3 is 5.11 Å². The molecular weight excluding hydrogens is 334 g/mol. The second-order valence-electron chi connectivity index (χ2n) is 6.72. The van der Waals surface area contributed by atoms with E-state index in [1.807, 2.05) is 4.68 Å². The predicted molar refractivity (Wildman–Crippen MR) is 96.7 cm³/mol. The van der Waals surface area contributed by atoms with Crippen LogP contribution in [0.4, 0.5) is 5.69 Å². The molecule has 0 fully saturated rings. The lowest BCUT2D eigenvalue weighted by Crippen LogP contribution is -2.07. The molecule has 1 aliphatic carbocycles. The fraction of sp³-hybridized carbons (Fsp3) is 0.474. The third-order valence-electron chi connectivity index (χ3n) is 4.87. The van der Waals surface area contributed by atoms with Gasteiger partial charge in [0.05, 0.1) is 16.3 Å². The van der Waals surface area contributed by atoms with Crippen LogP contribution in [0.5, 0.6) is 0 Å². The molecule has 1 aromatic heterocycles. The van der Waals surface area contributed by atoms with E-state index in [0.29, 0.717) is 6.42 Å². The molecule has 26 heavy (non-hydrogen) atoms. The molecule has 0 atom stereocenters. The van der Waals surface area contributed by atoms with E-state index < -0.39 is 10.9 Å². The largest absolute Gasteiger partial charge is 0.481 e. The number of nitrogens with zero attached hydrogens (tertiary/aromatic N) is 3. The number of benzene rings is 1. The first-order chi connectivity index (χ1) is 12.6. The van der Waals surface area contributed by atoms with E-state index in [4.69, 9.17) is 10.2 Å². The van der Waals surface area contributed by atoms with Crippen LogP contribution in [0.2, 0.25) is 0 Å². The Bertz CT molecular complexity index is 796. The van der Waals surface area contributed by atoms with Gasteiger partial charge in [0.25, 0.3) is 5.69 Å². The molecule has 7 nitrogen and oxygen atoms in total. The van der Waals surface area contributed by atoms with Gasteiger partial charge in [0.1, 0.15) is 0 Å². The summed E-state index contributed by atoms with van der Waals surface area (Å²) in [5, 5.41) is 24.4. The quantitative estimate of drug-likeness (QED) is 0.439. The number of aryl methyl sites for hydroxylation is 1. The van der Waals surface area contributed by atoms with Crippen LogP contribution in [0, 0.1) is 10.1 Å². The van der Waals surface area contributed by atoms with Crippen molar-refractivity contribution in [3.8, 4) is 5.69 Å². The van der Waals surface area contributed by atoms with Gasteiger partial charge in [-0.15, -0.1) is 0 Å². The van der Waals surface area contributed by atoms with Crippen molar-refractivity contribution in [3.05, 3.63) is 51.3 Å². The molecule has 1 aromatic carbocycles. The lowest BCUT2D eigenvalue weighted by atomic mass is 9.94. The third-order valence-corrected chi connectivity index (χ3v) is 4.87. The number of rotatable bonds is 8. The van der Waals surface area contributed by atoms with Crippen molar-refractivity contribution >= 4 is 11.7 Å². The SMILES string of the molecule is O=C(O)CCCCCc1nn(-c2ccc([N+](=O)[O-])cc2)c2c1CCCC2. The maximum Gasteiger partial charge on any atom is 0.303 e. The van der Waals surface area contributed by atoms with Crippen LogP contribution in [0.15, 0.2) is 24.3 Å². The lowest BCUT2D eigenvalue weighted by molar-refractivity contribution is -0.384. The van der Waals surface area contributed by atoms with Crippen molar-refractivity contribution in [1.29, 1.82) is 0 Å². The van der Waals surface area contributed by atoms with Crippen molar-refractivity contribution in [3.63, 3.8) is 0 Å². The molecule has 0 unspecified atom stereocenters. The van der Waals surface area contributed by atoms with Gasteiger partial charge in [0.15, 0.2) is 0 Å². The molecule has 138 valence electrons. The van der Waals surface area contributed by atoms with Crippen molar-refractivity contribution in [2.75, 3.05) is 0 Å². The minimum atomic E-state index is -0.746. The van der Waals surface area contributed by atoms with Gasteiger partial charge in [-0.25, -0.2) is 4.68 Å². The Hall–Kier alpha value is -2.70. The van der Waals surface area contributed by atoms with Crippen molar-refractivity contribution in [2.24, 2.45) is 0 Å². The highest BCUT2D eigenvalue weighted by Gasteiger charge is 2.21. The number of aliphatic carboxylic acids is 1. The number of carboxylic acid groups (broad SMARTS) is 1. The molecule has 7 heteroatoms. The molecule has 1 aliphatic rings. The van der Waals surface area contributed by atoms with Gasteiger partial charge >= 0.3 is 5.97 Å². The Kier molecular flexibility index (Phi) is 5.65. The smallest absolute Gasteiger partial charge is 0.303 e. The molecule has 2 aromatic rings. The number of aromatic nitrogens is 2. The molecular formula is C19H23N3O4. The second-order valence-corrected chi connectivity index (χ2v) is 6.72.